The molecule has 8 heteroatoms. The Bertz CT molecular complexity index is 1040. The molecule has 0 saturated heterocycles. The zero-order valence-corrected chi connectivity index (χ0v) is 17.1. The van der Waals surface area contributed by atoms with Gasteiger partial charge in [0, 0.05) is 5.69 Å². The van der Waals surface area contributed by atoms with E-state index in [0.717, 1.165) is 16.9 Å². The second-order valence-corrected chi connectivity index (χ2v) is 7.92. The fraction of sp³-hybridized carbons (Fsp3) is 0.150. The summed E-state index contributed by atoms with van der Waals surface area (Å²) in [6.07, 6.45) is 0. The number of rotatable bonds is 5. The molecule has 0 bridgehead atoms. The normalized spacial score (nSPS) is 10.4. The highest BCUT2D eigenvalue weighted by molar-refractivity contribution is 7.19. The molecule has 0 atom stereocenters. The number of hydrogen-bond acceptors (Lipinski definition) is 6. The minimum atomic E-state index is -0.606. The van der Waals surface area contributed by atoms with E-state index in [-0.39, 0.29) is 22.4 Å². The van der Waals surface area contributed by atoms with Gasteiger partial charge in [0.1, 0.15) is 5.00 Å². The third-order valence-corrected chi connectivity index (χ3v) is 6.18. The number of thiophene rings is 2. The summed E-state index contributed by atoms with van der Waals surface area (Å²) in [6.45, 7) is 3.56. The zero-order valence-electron chi connectivity index (χ0n) is 15.5. The summed E-state index contributed by atoms with van der Waals surface area (Å²) in [5.74, 6) is -1.30. The molecule has 0 spiro atoms. The molecular formula is C20H18N2O4S2. The quantitative estimate of drug-likeness (QED) is 0.592. The molecular weight excluding hydrogens is 396 g/mol. The molecule has 2 aromatic heterocycles. The first-order chi connectivity index (χ1) is 13.4. The third kappa shape index (κ3) is 3.97. The monoisotopic (exact) mass is 414 g/mol. The Morgan fingerprint density at radius 3 is 2.36 bits per heavy atom. The summed E-state index contributed by atoms with van der Waals surface area (Å²) in [5, 5.41) is 7.66. The van der Waals surface area contributed by atoms with Gasteiger partial charge in [0.15, 0.2) is 0 Å². The lowest BCUT2D eigenvalue weighted by Crippen LogP contribution is -2.14. The van der Waals surface area contributed by atoms with E-state index in [1.54, 1.807) is 30.5 Å². The van der Waals surface area contributed by atoms with Crippen molar-refractivity contribution in [3.8, 4) is 0 Å². The van der Waals surface area contributed by atoms with E-state index < -0.39 is 5.97 Å². The van der Waals surface area contributed by atoms with Crippen LogP contribution in [0.15, 0.2) is 41.8 Å². The number of methoxy groups -OCH3 is 1. The minimum absolute atomic E-state index is 0.187. The van der Waals surface area contributed by atoms with Crippen LogP contribution in [0.2, 0.25) is 0 Å². The van der Waals surface area contributed by atoms with Crippen LogP contribution >= 0.6 is 22.7 Å². The van der Waals surface area contributed by atoms with Gasteiger partial charge in [-0.25, -0.2) is 4.79 Å². The fourth-order valence-electron chi connectivity index (χ4n) is 2.63. The summed E-state index contributed by atoms with van der Waals surface area (Å²) < 4.78 is 4.85. The first-order valence-electron chi connectivity index (χ1n) is 8.36. The summed E-state index contributed by atoms with van der Waals surface area (Å²) >= 11 is 2.34. The van der Waals surface area contributed by atoms with E-state index in [1.165, 1.54) is 18.4 Å². The van der Waals surface area contributed by atoms with Gasteiger partial charge in [-0.3, -0.25) is 9.59 Å². The molecule has 0 aliphatic heterocycles. The molecule has 2 heterocycles. The maximum atomic E-state index is 12.8. The minimum Gasteiger partial charge on any atom is -0.465 e. The van der Waals surface area contributed by atoms with Gasteiger partial charge in [-0.15, -0.1) is 22.7 Å². The van der Waals surface area contributed by atoms with Crippen LogP contribution in [0.3, 0.4) is 0 Å². The lowest BCUT2D eigenvalue weighted by atomic mass is 10.1. The van der Waals surface area contributed by atoms with Crippen LogP contribution in [-0.2, 0) is 4.74 Å². The second-order valence-electron chi connectivity index (χ2n) is 5.95. The molecule has 3 aromatic rings. The predicted molar refractivity (Wildman–Crippen MR) is 112 cm³/mol. The molecule has 0 aliphatic rings. The summed E-state index contributed by atoms with van der Waals surface area (Å²) in [7, 11) is 1.26. The van der Waals surface area contributed by atoms with Crippen LogP contribution in [0.5, 0.6) is 0 Å². The van der Waals surface area contributed by atoms with Crippen molar-refractivity contribution >= 4 is 51.1 Å². The van der Waals surface area contributed by atoms with Gasteiger partial charge in [0.2, 0.25) is 0 Å². The Kier molecular flexibility index (Phi) is 5.91. The van der Waals surface area contributed by atoms with E-state index >= 15 is 0 Å². The van der Waals surface area contributed by atoms with Gasteiger partial charge < -0.3 is 15.4 Å². The number of hydrogen-bond donors (Lipinski definition) is 2. The molecule has 3 rings (SSSR count). The lowest BCUT2D eigenvalue weighted by Gasteiger charge is -2.07. The number of esters is 1. The summed E-state index contributed by atoms with van der Waals surface area (Å²) in [5.41, 5.74) is 2.25. The number of nitrogens with one attached hydrogen (secondary N) is 2. The van der Waals surface area contributed by atoms with Gasteiger partial charge >= 0.3 is 5.97 Å². The highest BCUT2D eigenvalue weighted by Gasteiger charge is 2.27. The Hall–Kier alpha value is -2.97. The predicted octanol–water partition coefficient (Wildman–Crippen LogP) is 4.72. The smallest absolute Gasteiger partial charge is 0.341 e. The van der Waals surface area contributed by atoms with Crippen LogP contribution in [0, 0.1) is 13.8 Å². The maximum Gasteiger partial charge on any atom is 0.341 e. The van der Waals surface area contributed by atoms with Crippen molar-refractivity contribution in [2.24, 2.45) is 0 Å². The van der Waals surface area contributed by atoms with Crippen LogP contribution in [0.4, 0.5) is 10.7 Å². The number of amides is 2. The Morgan fingerprint density at radius 2 is 1.71 bits per heavy atom. The lowest BCUT2D eigenvalue weighted by molar-refractivity contribution is 0.0601. The van der Waals surface area contributed by atoms with E-state index in [0.29, 0.717) is 21.0 Å². The van der Waals surface area contributed by atoms with Crippen molar-refractivity contribution < 1.29 is 19.1 Å². The highest BCUT2D eigenvalue weighted by Crippen LogP contribution is 2.35. The zero-order chi connectivity index (χ0) is 20.3. The SMILES string of the molecule is COC(=O)c1c(NC(=O)c2cccs2)sc(C(=O)Nc2ccccc2C)c1C. The van der Waals surface area contributed by atoms with Gasteiger partial charge in [-0.1, -0.05) is 24.3 Å². The topological polar surface area (TPSA) is 84.5 Å². The number of para-hydroxylation sites is 1. The van der Waals surface area contributed by atoms with Gasteiger partial charge in [-0.2, -0.15) is 0 Å². The Morgan fingerprint density at radius 1 is 0.964 bits per heavy atom. The maximum absolute atomic E-state index is 12.8. The fourth-order valence-corrected chi connectivity index (χ4v) is 4.33. The number of anilines is 2. The number of benzene rings is 1. The number of ether oxygens (including phenoxy) is 1. The van der Waals surface area contributed by atoms with Gasteiger partial charge in [0.25, 0.3) is 11.8 Å². The second kappa shape index (κ2) is 8.37. The largest absolute Gasteiger partial charge is 0.465 e. The van der Waals surface area contributed by atoms with Crippen LogP contribution in [0.1, 0.15) is 40.8 Å². The molecule has 144 valence electrons. The van der Waals surface area contributed by atoms with Gasteiger partial charge in [0.05, 0.1) is 22.4 Å². The summed E-state index contributed by atoms with van der Waals surface area (Å²) in [4.78, 5) is 38.4. The van der Waals surface area contributed by atoms with E-state index in [4.69, 9.17) is 4.74 Å². The average Bonchev–Trinajstić information content (AvgIpc) is 3.31. The number of aryl methyl sites for hydroxylation is 1. The molecule has 2 amide bonds. The van der Waals surface area contributed by atoms with Crippen LogP contribution in [0.25, 0.3) is 0 Å². The Balaban J connectivity index is 1.94. The molecule has 1 aromatic carbocycles. The van der Waals surface area contributed by atoms with Crippen LogP contribution < -0.4 is 10.6 Å². The summed E-state index contributed by atoms with van der Waals surface area (Å²) in [6, 6.07) is 10.9. The van der Waals surface area contributed by atoms with Crippen molar-refractivity contribution in [1.82, 2.24) is 0 Å². The standard InChI is InChI=1S/C20H18N2O4S2/c1-11-7-4-5-8-13(11)21-18(24)16-12(2)15(20(25)26-3)19(28-16)22-17(23)14-9-6-10-27-14/h4-10H,1-3H3,(H,21,24)(H,22,23). The van der Waals surface area contributed by atoms with Crippen molar-refractivity contribution in [2.75, 3.05) is 17.7 Å². The highest BCUT2D eigenvalue weighted by atomic mass is 32.1. The molecule has 6 nitrogen and oxygen atoms in total. The van der Waals surface area contributed by atoms with E-state index in [2.05, 4.69) is 10.6 Å². The molecule has 0 saturated carbocycles. The van der Waals surface area contributed by atoms with Crippen LogP contribution in [-0.4, -0.2) is 24.9 Å². The Labute approximate surface area is 170 Å². The van der Waals surface area contributed by atoms with E-state index in [9.17, 15) is 14.4 Å². The molecule has 0 radical (unpaired) electrons. The molecule has 2 N–H and O–H groups in total. The average molecular weight is 415 g/mol. The molecule has 0 unspecified atom stereocenters. The molecule has 0 fully saturated rings. The number of carbonyl (C=O) groups excluding carboxylic acids is 3. The first kappa shape index (κ1) is 19.8. The van der Waals surface area contributed by atoms with Gasteiger partial charge in [-0.05, 0) is 42.5 Å². The van der Waals surface area contributed by atoms with Crippen molar-refractivity contribution in [2.45, 2.75) is 13.8 Å². The molecule has 28 heavy (non-hydrogen) atoms. The van der Waals surface area contributed by atoms with E-state index in [1.807, 2.05) is 25.1 Å². The third-order valence-electron chi connectivity index (χ3n) is 4.11. The number of carbonyl (C=O) groups is 3. The van der Waals surface area contributed by atoms with Crippen molar-refractivity contribution in [3.05, 3.63) is 68.2 Å². The molecule has 0 aliphatic carbocycles. The first-order valence-corrected chi connectivity index (χ1v) is 10.1. The van der Waals surface area contributed by atoms with Crippen molar-refractivity contribution in [3.63, 3.8) is 0 Å². The van der Waals surface area contributed by atoms with Crippen molar-refractivity contribution in [1.29, 1.82) is 0 Å².